The maximum absolute atomic E-state index is 14.0. The topological polar surface area (TPSA) is 148 Å². The van der Waals surface area contributed by atoms with Crippen LogP contribution in [0.3, 0.4) is 0 Å². The van der Waals surface area contributed by atoms with E-state index >= 15 is 0 Å². The number of hydroxylamine groups is 2. The molecule has 2 rings (SSSR count). The maximum Gasteiger partial charge on any atom is 0.306 e. The number of unbranched alkanes of at least 4 members (excludes halogenated alkanes) is 10. The highest BCUT2D eigenvalue weighted by Gasteiger charge is 2.57. The Kier molecular flexibility index (Phi) is 15.9. The van der Waals surface area contributed by atoms with Crippen LogP contribution < -0.4 is 5.73 Å². The van der Waals surface area contributed by atoms with Gasteiger partial charge in [0.15, 0.2) is 5.78 Å². The van der Waals surface area contributed by atoms with Crippen LogP contribution in [-0.4, -0.2) is 67.7 Å². The van der Waals surface area contributed by atoms with E-state index in [1.807, 2.05) is 18.9 Å². The number of nitrogens with one attached hydrogen (secondary N) is 1. The molecular formula is C33H58N4O6. The van der Waals surface area contributed by atoms with Gasteiger partial charge in [0, 0.05) is 43.1 Å². The summed E-state index contributed by atoms with van der Waals surface area (Å²) in [4.78, 5) is 51.2. The standard InChI is InChI=1S/C33H58N4O6/c1-6-7-8-9-14-17-20-42-37-32(2,3)22-27(43-29(40)19-16-13-11-10-12-15-18-28(38)39)30(33(37,4)5)31(41)26(34)21-25-23-35-24-36-25/h23-24,26-27,30H,6-22,34H2,1-5H3,(H,35,36)(H,38,39)/t26-,27?,30?/m0/s1. The highest BCUT2D eigenvalue weighted by atomic mass is 16.7. The second-order valence-corrected chi connectivity index (χ2v) is 13.4. The van der Waals surface area contributed by atoms with Crippen LogP contribution in [0.25, 0.3) is 0 Å². The fraction of sp³-hybridized carbons (Fsp3) is 0.818. The fourth-order valence-corrected chi connectivity index (χ4v) is 6.52. The van der Waals surface area contributed by atoms with Gasteiger partial charge in [-0.1, -0.05) is 64.7 Å². The zero-order valence-corrected chi connectivity index (χ0v) is 27.4. The number of H-pyrrole nitrogens is 1. The van der Waals surface area contributed by atoms with Crippen molar-refractivity contribution in [2.24, 2.45) is 11.7 Å². The van der Waals surface area contributed by atoms with Crippen LogP contribution >= 0.6 is 0 Å². The number of hydrogen-bond acceptors (Lipinski definition) is 8. The van der Waals surface area contributed by atoms with Crippen molar-refractivity contribution in [3.8, 4) is 0 Å². The van der Waals surface area contributed by atoms with Crippen LogP contribution in [0.1, 0.15) is 137 Å². The van der Waals surface area contributed by atoms with Gasteiger partial charge in [-0.3, -0.25) is 19.2 Å². The second kappa shape index (κ2) is 18.5. The van der Waals surface area contributed by atoms with E-state index in [4.69, 9.17) is 20.4 Å². The summed E-state index contributed by atoms with van der Waals surface area (Å²) in [5, 5.41) is 10.7. The third-order valence-corrected chi connectivity index (χ3v) is 8.60. The molecule has 1 aliphatic rings. The highest BCUT2D eigenvalue weighted by Crippen LogP contribution is 2.44. The average Bonchev–Trinajstić information content (AvgIpc) is 3.43. The monoisotopic (exact) mass is 606 g/mol. The van der Waals surface area contributed by atoms with Gasteiger partial charge in [0.25, 0.3) is 0 Å². The molecule has 1 aliphatic heterocycles. The van der Waals surface area contributed by atoms with Crippen LogP contribution in [-0.2, 0) is 30.4 Å². The third kappa shape index (κ3) is 12.3. The number of aliphatic carboxylic acids is 1. The predicted octanol–water partition coefficient (Wildman–Crippen LogP) is 6.14. The number of aromatic amines is 1. The molecule has 1 aromatic heterocycles. The lowest BCUT2D eigenvalue weighted by molar-refractivity contribution is -0.306. The second-order valence-electron chi connectivity index (χ2n) is 13.4. The molecule has 0 radical (unpaired) electrons. The Labute approximate surface area is 258 Å². The van der Waals surface area contributed by atoms with Gasteiger partial charge in [0.2, 0.25) is 0 Å². The molecule has 0 aromatic carbocycles. The first-order valence-corrected chi connectivity index (χ1v) is 16.5. The normalized spacial score (nSPS) is 20.5. The molecule has 43 heavy (non-hydrogen) atoms. The van der Waals surface area contributed by atoms with Crippen LogP contribution in [0.5, 0.6) is 0 Å². The summed E-state index contributed by atoms with van der Waals surface area (Å²) in [5.41, 5.74) is 6.02. The molecule has 10 heteroatoms. The van der Waals surface area contributed by atoms with Gasteiger partial charge < -0.3 is 20.6 Å². The minimum absolute atomic E-state index is 0.151. The van der Waals surface area contributed by atoms with E-state index in [9.17, 15) is 14.4 Å². The Hall–Kier alpha value is -2.30. The van der Waals surface area contributed by atoms with Crippen LogP contribution in [0.4, 0.5) is 0 Å². The number of piperidine rings is 1. The van der Waals surface area contributed by atoms with Crippen LogP contribution in [0.2, 0.25) is 0 Å². The lowest BCUT2D eigenvalue weighted by Gasteiger charge is -2.57. The van der Waals surface area contributed by atoms with Gasteiger partial charge in [-0.15, -0.1) is 0 Å². The summed E-state index contributed by atoms with van der Waals surface area (Å²) in [6.45, 7) is 10.9. The molecule has 1 saturated heterocycles. The Bertz CT molecular complexity index is 965. The number of carboxylic acids is 1. The largest absolute Gasteiger partial charge is 0.481 e. The van der Waals surface area contributed by atoms with Gasteiger partial charge in [-0.05, 0) is 47.0 Å². The van der Waals surface area contributed by atoms with E-state index in [1.54, 1.807) is 12.5 Å². The summed E-state index contributed by atoms with van der Waals surface area (Å²) in [6.07, 6.45) is 15.9. The van der Waals surface area contributed by atoms with E-state index in [1.165, 1.54) is 25.7 Å². The zero-order chi connectivity index (χ0) is 31.9. The Morgan fingerprint density at radius 2 is 1.60 bits per heavy atom. The highest BCUT2D eigenvalue weighted by molar-refractivity contribution is 5.88. The lowest BCUT2D eigenvalue weighted by atomic mass is 9.68. The van der Waals surface area contributed by atoms with Crippen molar-refractivity contribution < 1.29 is 29.1 Å². The number of hydrogen-bond donors (Lipinski definition) is 3. The van der Waals surface area contributed by atoms with Gasteiger partial charge in [-0.2, -0.15) is 5.06 Å². The number of Topliss-reactive ketones (excluding diaryl/α,β-unsaturated/α-hetero) is 1. The van der Waals surface area contributed by atoms with Crippen molar-refractivity contribution in [3.63, 3.8) is 0 Å². The molecule has 246 valence electrons. The van der Waals surface area contributed by atoms with Gasteiger partial charge >= 0.3 is 11.9 Å². The summed E-state index contributed by atoms with van der Waals surface area (Å²) < 4.78 is 6.10. The Morgan fingerprint density at radius 3 is 2.21 bits per heavy atom. The molecule has 0 bridgehead atoms. The summed E-state index contributed by atoms with van der Waals surface area (Å²) in [7, 11) is 0. The van der Waals surface area contributed by atoms with Crippen LogP contribution in [0.15, 0.2) is 12.5 Å². The molecule has 10 nitrogen and oxygen atoms in total. The summed E-state index contributed by atoms with van der Waals surface area (Å²) in [5.74, 6) is -1.88. The minimum Gasteiger partial charge on any atom is -0.481 e. The number of imidazole rings is 1. The number of nitrogens with zero attached hydrogens (tertiary/aromatic N) is 2. The molecule has 0 saturated carbocycles. The molecule has 4 N–H and O–H groups in total. The van der Waals surface area contributed by atoms with Crippen LogP contribution in [0, 0.1) is 5.92 Å². The van der Waals surface area contributed by atoms with Crippen molar-refractivity contribution in [1.82, 2.24) is 15.0 Å². The van der Waals surface area contributed by atoms with Crippen molar-refractivity contribution in [1.29, 1.82) is 0 Å². The van der Waals surface area contributed by atoms with Crippen molar-refractivity contribution in [2.75, 3.05) is 6.61 Å². The van der Waals surface area contributed by atoms with Crippen molar-refractivity contribution in [2.45, 2.75) is 161 Å². The quantitative estimate of drug-likeness (QED) is 0.105. The average molecular weight is 607 g/mol. The van der Waals surface area contributed by atoms with Gasteiger partial charge in [0.1, 0.15) is 6.10 Å². The predicted molar refractivity (Wildman–Crippen MR) is 167 cm³/mol. The smallest absolute Gasteiger partial charge is 0.306 e. The third-order valence-electron chi connectivity index (χ3n) is 8.60. The van der Waals surface area contributed by atoms with E-state index in [0.717, 1.165) is 44.2 Å². The first kappa shape index (κ1) is 36.9. The first-order valence-electron chi connectivity index (χ1n) is 16.5. The maximum atomic E-state index is 14.0. The fourth-order valence-electron chi connectivity index (χ4n) is 6.52. The number of esters is 1. The summed E-state index contributed by atoms with van der Waals surface area (Å²) >= 11 is 0. The number of ketones is 1. The molecule has 2 unspecified atom stereocenters. The zero-order valence-electron chi connectivity index (χ0n) is 27.4. The molecule has 0 amide bonds. The van der Waals surface area contributed by atoms with Gasteiger partial charge in [-0.25, -0.2) is 4.98 Å². The molecule has 0 aliphatic carbocycles. The molecule has 2 heterocycles. The Balaban J connectivity index is 2.06. The lowest BCUT2D eigenvalue weighted by Crippen LogP contribution is -2.69. The van der Waals surface area contributed by atoms with E-state index in [2.05, 4.69) is 30.7 Å². The van der Waals surface area contributed by atoms with E-state index in [-0.39, 0.29) is 24.6 Å². The molecule has 1 fully saturated rings. The van der Waals surface area contributed by atoms with E-state index in [0.29, 0.717) is 32.3 Å². The minimum atomic E-state index is -0.784. The van der Waals surface area contributed by atoms with E-state index < -0.39 is 35.1 Å². The molecule has 3 atom stereocenters. The molecule has 1 aromatic rings. The number of carbonyl (C=O) groups is 3. The number of carboxylic acid groups (broad SMARTS) is 1. The molecular weight excluding hydrogens is 548 g/mol. The summed E-state index contributed by atoms with van der Waals surface area (Å²) in [6, 6.07) is -0.784. The number of aromatic nitrogens is 2. The Morgan fingerprint density at radius 1 is 1.00 bits per heavy atom. The number of carbonyl (C=O) groups excluding carboxylic acids is 2. The van der Waals surface area contributed by atoms with Crippen molar-refractivity contribution >= 4 is 17.7 Å². The first-order chi connectivity index (χ1) is 20.4. The molecule has 0 spiro atoms. The number of rotatable bonds is 22. The van der Waals surface area contributed by atoms with Crippen molar-refractivity contribution in [3.05, 3.63) is 18.2 Å². The number of ether oxygens (including phenoxy) is 1. The number of nitrogens with two attached hydrogens (primary N) is 1. The van der Waals surface area contributed by atoms with Gasteiger partial charge in [0.05, 0.1) is 30.4 Å². The SMILES string of the molecule is CCCCCCCCON1C(C)(C)CC(OC(=O)CCCCCCCCC(=O)O)C(C(=O)[C@@H](N)Cc2cnc[nH]2)C1(C)C.